The van der Waals surface area contributed by atoms with E-state index in [9.17, 15) is 19.8 Å². The van der Waals surface area contributed by atoms with Crippen LogP contribution in [0.15, 0.2) is 23.3 Å². The number of esters is 1. The van der Waals surface area contributed by atoms with Crippen molar-refractivity contribution >= 4 is 11.8 Å². The van der Waals surface area contributed by atoms with Crippen LogP contribution in [0, 0.1) is 35.0 Å². The van der Waals surface area contributed by atoms with Crippen molar-refractivity contribution in [1.29, 1.82) is 0 Å². The minimum Gasteiger partial charge on any atom is -0.458 e. The van der Waals surface area contributed by atoms with Gasteiger partial charge in [0.2, 0.25) is 0 Å². The molecule has 4 rings (SSSR count). The topological polar surface area (TPSA) is 83.8 Å². The van der Waals surface area contributed by atoms with Crippen molar-refractivity contribution in [1.82, 2.24) is 0 Å². The van der Waals surface area contributed by atoms with Crippen LogP contribution in [-0.2, 0) is 14.3 Å². The Balaban J connectivity index is 1.83. The van der Waals surface area contributed by atoms with Crippen LogP contribution in [0.3, 0.4) is 0 Å². The second-order valence-electron chi connectivity index (χ2n) is 9.81. The zero-order valence-corrected chi connectivity index (χ0v) is 16.8. The molecule has 0 spiro atoms. The van der Waals surface area contributed by atoms with E-state index < -0.39 is 11.2 Å². The number of aliphatic hydroxyl groups excluding tert-OH is 1. The molecule has 7 atom stereocenters. The van der Waals surface area contributed by atoms with Crippen LogP contribution in [0.4, 0.5) is 0 Å². The Bertz CT molecular complexity index is 778. The van der Waals surface area contributed by atoms with Gasteiger partial charge in [0.05, 0.1) is 6.61 Å². The summed E-state index contributed by atoms with van der Waals surface area (Å²) in [6.07, 6.45) is 4.93. The molecule has 0 saturated heterocycles. The van der Waals surface area contributed by atoms with Gasteiger partial charge in [0.25, 0.3) is 0 Å². The maximum atomic E-state index is 12.8. The lowest BCUT2D eigenvalue weighted by Gasteiger charge is -2.43. The summed E-state index contributed by atoms with van der Waals surface area (Å²) in [7, 11) is 0. The molecule has 5 nitrogen and oxygen atoms in total. The van der Waals surface area contributed by atoms with Gasteiger partial charge in [-0.2, -0.15) is 0 Å². The van der Waals surface area contributed by atoms with Crippen molar-refractivity contribution in [3.8, 4) is 0 Å². The first-order valence-corrected chi connectivity index (χ1v) is 9.95. The molecule has 2 fully saturated rings. The Labute approximate surface area is 160 Å². The van der Waals surface area contributed by atoms with E-state index >= 15 is 0 Å². The normalized spacial score (nSPS) is 47.1. The fourth-order valence-corrected chi connectivity index (χ4v) is 6.94. The van der Waals surface area contributed by atoms with Crippen LogP contribution < -0.4 is 0 Å². The van der Waals surface area contributed by atoms with Gasteiger partial charge in [-0.05, 0) is 42.2 Å². The molecule has 0 aliphatic heterocycles. The number of Topliss-reactive ketones (excluding diaryl/α,β-unsaturated/α-hetero) is 1. The fraction of sp³-hybridized carbons (Fsp3) is 0.727. The molecule has 2 saturated carbocycles. The van der Waals surface area contributed by atoms with Crippen molar-refractivity contribution < 1.29 is 24.5 Å². The first-order valence-electron chi connectivity index (χ1n) is 9.95. The van der Waals surface area contributed by atoms with Crippen LogP contribution in [0.5, 0.6) is 0 Å². The van der Waals surface area contributed by atoms with E-state index in [2.05, 4.69) is 26.8 Å². The van der Waals surface area contributed by atoms with Crippen molar-refractivity contribution in [2.24, 2.45) is 35.0 Å². The Kier molecular flexibility index (Phi) is 3.88. The Hall–Kier alpha value is -1.46. The number of carbonyl (C=O) groups excluding carboxylic acids is 2. The summed E-state index contributed by atoms with van der Waals surface area (Å²) in [6, 6.07) is 0. The van der Waals surface area contributed by atoms with E-state index in [1.807, 2.05) is 6.08 Å². The summed E-state index contributed by atoms with van der Waals surface area (Å²) >= 11 is 0. The smallest absolute Gasteiger partial charge is 0.303 e. The molecule has 0 aromatic rings. The van der Waals surface area contributed by atoms with Gasteiger partial charge in [-0.3, -0.25) is 9.59 Å². The molecule has 5 heteroatoms. The average Bonchev–Trinajstić information content (AvgIpc) is 2.99. The van der Waals surface area contributed by atoms with E-state index in [0.717, 1.165) is 6.42 Å². The third kappa shape index (κ3) is 2.24. The van der Waals surface area contributed by atoms with E-state index in [-0.39, 0.29) is 59.8 Å². The molecular formula is C22H30O5. The lowest BCUT2D eigenvalue weighted by atomic mass is 9.63. The highest BCUT2D eigenvalue weighted by Crippen LogP contribution is 2.75. The Morgan fingerprint density at radius 1 is 1.33 bits per heavy atom. The lowest BCUT2D eigenvalue weighted by Crippen LogP contribution is -2.49. The molecule has 0 aromatic heterocycles. The van der Waals surface area contributed by atoms with Crippen LogP contribution >= 0.6 is 0 Å². The zero-order valence-electron chi connectivity index (χ0n) is 16.8. The molecule has 148 valence electrons. The number of ketones is 1. The van der Waals surface area contributed by atoms with Gasteiger partial charge in [0.1, 0.15) is 11.2 Å². The molecule has 27 heavy (non-hydrogen) atoms. The maximum Gasteiger partial charge on any atom is 0.303 e. The number of aliphatic hydroxyl groups is 2. The summed E-state index contributed by atoms with van der Waals surface area (Å²) < 4.78 is 5.90. The predicted molar refractivity (Wildman–Crippen MR) is 99.5 cm³/mol. The number of ether oxygens (including phenoxy) is 1. The highest BCUT2D eigenvalue weighted by Gasteiger charge is 2.79. The SMILES string of the molecule is CC(=O)O[C@@]12C[C@@H](C)C3[C@@H](C=C(CO)C[C@]4(O)C(=O)C(C)=C[C@@H]34)[C@@H]1C2(C)C. The second kappa shape index (κ2) is 5.54. The maximum absolute atomic E-state index is 12.8. The molecule has 0 radical (unpaired) electrons. The highest BCUT2D eigenvalue weighted by atomic mass is 16.6. The molecule has 4 aliphatic carbocycles. The molecule has 4 aliphatic rings. The largest absolute Gasteiger partial charge is 0.458 e. The summed E-state index contributed by atoms with van der Waals surface area (Å²) in [6.45, 7) is 9.47. The Morgan fingerprint density at radius 2 is 2.00 bits per heavy atom. The third-order valence-electron chi connectivity index (χ3n) is 8.00. The number of allylic oxidation sites excluding steroid dienone is 1. The molecule has 2 N–H and O–H groups in total. The quantitative estimate of drug-likeness (QED) is 0.573. The fourth-order valence-electron chi connectivity index (χ4n) is 6.94. The predicted octanol–water partition coefficient (Wildman–Crippen LogP) is 2.42. The standard InChI is InChI=1S/C22H30O5/c1-11-6-16-17-12(2)8-22(27-13(3)24)18(20(22,4)5)15(17)7-14(10-23)9-21(16,26)19(11)25/h6-7,12,15-18,23,26H,8-10H2,1-5H3/t12-,15-,16+,17?,18-,21-,22+/m1/s1. The minimum atomic E-state index is -1.47. The number of fused-ring (bicyclic) bond motifs is 5. The molecular weight excluding hydrogens is 344 g/mol. The molecule has 0 heterocycles. The second-order valence-corrected chi connectivity index (χ2v) is 9.81. The van der Waals surface area contributed by atoms with Gasteiger partial charge in [-0.1, -0.05) is 32.9 Å². The lowest BCUT2D eigenvalue weighted by molar-refractivity contribution is -0.156. The van der Waals surface area contributed by atoms with Gasteiger partial charge in [-0.25, -0.2) is 0 Å². The van der Waals surface area contributed by atoms with Crippen molar-refractivity contribution in [3.05, 3.63) is 23.3 Å². The van der Waals surface area contributed by atoms with Crippen LogP contribution in [0.2, 0.25) is 0 Å². The zero-order chi connectivity index (χ0) is 19.9. The van der Waals surface area contributed by atoms with E-state index in [1.54, 1.807) is 6.92 Å². The van der Waals surface area contributed by atoms with Gasteiger partial charge >= 0.3 is 5.97 Å². The van der Waals surface area contributed by atoms with E-state index in [0.29, 0.717) is 11.1 Å². The highest BCUT2D eigenvalue weighted by molar-refractivity contribution is 6.04. The molecule has 1 unspecified atom stereocenters. The minimum absolute atomic E-state index is 0.0548. The van der Waals surface area contributed by atoms with Crippen molar-refractivity contribution in [2.45, 2.75) is 58.7 Å². The summed E-state index contributed by atoms with van der Waals surface area (Å²) in [4.78, 5) is 24.6. The number of rotatable bonds is 2. The number of hydrogen-bond acceptors (Lipinski definition) is 5. The van der Waals surface area contributed by atoms with Gasteiger partial charge < -0.3 is 14.9 Å². The Morgan fingerprint density at radius 3 is 2.59 bits per heavy atom. The van der Waals surface area contributed by atoms with Gasteiger partial charge in [0.15, 0.2) is 5.78 Å². The monoisotopic (exact) mass is 374 g/mol. The summed E-state index contributed by atoms with van der Waals surface area (Å²) in [5.41, 5.74) is -0.820. The number of hydrogen-bond donors (Lipinski definition) is 2. The van der Waals surface area contributed by atoms with E-state index in [4.69, 9.17) is 4.74 Å². The first kappa shape index (κ1) is 18.9. The molecule has 0 amide bonds. The third-order valence-corrected chi connectivity index (χ3v) is 8.00. The van der Waals surface area contributed by atoms with Crippen molar-refractivity contribution in [3.63, 3.8) is 0 Å². The summed E-state index contributed by atoms with van der Waals surface area (Å²) in [5.74, 6) is -0.310. The average molecular weight is 374 g/mol. The molecule has 0 aromatic carbocycles. The van der Waals surface area contributed by atoms with Crippen LogP contribution in [0.25, 0.3) is 0 Å². The van der Waals surface area contributed by atoms with Crippen molar-refractivity contribution in [2.75, 3.05) is 6.61 Å². The first-order chi connectivity index (χ1) is 12.5. The molecule has 0 bridgehead atoms. The summed E-state index contributed by atoms with van der Waals surface area (Å²) in [5, 5.41) is 21.3. The van der Waals surface area contributed by atoms with E-state index in [1.165, 1.54) is 6.92 Å². The number of carbonyl (C=O) groups is 2. The van der Waals surface area contributed by atoms with Gasteiger partial charge in [-0.15, -0.1) is 0 Å². The van der Waals surface area contributed by atoms with Crippen LogP contribution in [-0.4, -0.2) is 39.8 Å². The van der Waals surface area contributed by atoms with Gasteiger partial charge in [0, 0.05) is 30.6 Å². The van der Waals surface area contributed by atoms with Crippen LogP contribution in [0.1, 0.15) is 47.5 Å².